The van der Waals surface area contributed by atoms with E-state index in [9.17, 15) is 4.79 Å². The average molecular weight is 295 g/mol. The van der Waals surface area contributed by atoms with Crippen LogP contribution in [0.1, 0.15) is 15.9 Å². The molecule has 3 N–H and O–H groups in total. The van der Waals surface area contributed by atoms with Crippen molar-refractivity contribution in [1.29, 1.82) is 0 Å². The molecule has 3 nitrogen and oxygen atoms in total. The molecule has 0 saturated heterocycles. The minimum atomic E-state index is -0.320. The summed E-state index contributed by atoms with van der Waals surface area (Å²) >= 11 is 11.8. The van der Waals surface area contributed by atoms with Crippen LogP contribution in [0.4, 0.5) is 11.4 Å². The molecule has 1 amide bonds. The van der Waals surface area contributed by atoms with Crippen LogP contribution in [0.25, 0.3) is 0 Å². The number of hydrogen-bond donors (Lipinski definition) is 2. The van der Waals surface area contributed by atoms with E-state index in [1.165, 1.54) is 6.07 Å². The second-order valence-corrected chi connectivity index (χ2v) is 5.01. The first-order valence-corrected chi connectivity index (χ1v) is 6.35. The molecule has 0 fully saturated rings. The molecule has 0 atom stereocenters. The van der Waals surface area contributed by atoms with E-state index in [0.717, 1.165) is 5.56 Å². The number of carbonyl (C=O) groups is 1. The first kappa shape index (κ1) is 13.7. The van der Waals surface area contributed by atoms with Gasteiger partial charge in [0.05, 0.1) is 22.0 Å². The Morgan fingerprint density at radius 3 is 2.58 bits per heavy atom. The summed E-state index contributed by atoms with van der Waals surface area (Å²) < 4.78 is 0. The topological polar surface area (TPSA) is 55.1 Å². The molecule has 0 bridgehead atoms. The number of anilines is 2. The molecule has 0 radical (unpaired) electrons. The van der Waals surface area contributed by atoms with Crippen LogP contribution < -0.4 is 11.1 Å². The Morgan fingerprint density at radius 1 is 1.16 bits per heavy atom. The van der Waals surface area contributed by atoms with Gasteiger partial charge < -0.3 is 11.1 Å². The second-order valence-electron chi connectivity index (χ2n) is 4.17. The summed E-state index contributed by atoms with van der Waals surface area (Å²) in [6.07, 6.45) is 0. The molecular formula is C14H12Cl2N2O. The van der Waals surface area contributed by atoms with E-state index in [4.69, 9.17) is 28.9 Å². The van der Waals surface area contributed by atoms with Gasteiger partial charge in [-0.05, 0) is 42.8 Å². The Kier molecular flexibility index (Phi) is 3.98. The van der Waals surface area contributed by atoms with Gasteiger partial charge >= 0.3 is 0 Å². The van der Waals surface area contributed by atoms with Crippen LogP contribution >= 0.6 is 23.2 Å². The monoisotopic (exact) mass is 294 g/mol. The van der Waals surface area contributed by atoms with Crippen LogP contribution in [-0.2, 0) is 0 Å². The first-order chi connectivity index (χ1) is 8.97. The van der Waals surface area contributed by atoms with Crippen molar-refractivity contribution in [3.63, 3.8) is 0 Å². The molecule has 19 heavy (non-hydrogen) atoms. The molecule has 2 rings (SSSR count). The van der Waals surface area contributed by atoms with Gasteiger partial charge in [0, 0.05) is 5.02 Å². The van der Waals surface area contributed by atoms with Gasteiger partial charge in [0.15, 0.2) is 0 Å². The lowest BCUT2D eigenvalue weighted by molar-refractivity contribution is 0.102. The number of benzene rings is 2. The molecule has 0 unspecified atom stereocenters. The van der Waals surface area contributed by atoms with Gasteiger partial charge in [0.1, 0.15) is 0 Å². The minimum absolute atomic E-state index is 0.302. The van der Waals surface area contributed by atoms with Gasteiger partial charge in [-0.1, -0.05) is 29.3 Å². The van der Waals surface area contributed by atoms with E-state index in [1.54, 1.807) is 24.3 Å². The van der Waals surface area contributed by atoms with Gasteiger partial charge in [-0.3, -0.25) is 4.79 Å². The van der Waals surface area contributed by atoms with Crippen molar-refractivity contribution in [3.8, 4) is 0 Å². The smallest absolute Gasteiger partial charge is 0.257 e. The summed E-state index contributed by atoms with van der Waals surface area (Å²) in [7, 11) is 0. The van der Waals surface area contributed by atoms with E-state index < -0.39 is 0 Å². The zero-order valence-corrected chi connectivity index (χ0v) is 11.7. The van der Waals surface area contributed by atoms with Crippen LogP contribution in [-0.4, -0.2) is 5.91 Å². The fourth-order valence-electron chi connectivity index (χ4n) is 1.64. The summed E-state index contributed by atoms with van der Waals surface area (Å²) in [4.78, 5) is 12.1. The number of nitrogen functional groups attached to an aromatic ring is 1. The standard InChI is InChI=1S/C14H12Cl2N2O/c1-8-2-5-12(17)13(6-8)18-14(19)10-4-3-9(15)7-11(10)16/h2-7H,17H2,1H3,(H,18,19). The number of aryl methyl sites for hydroxylation is 1. The molecule has 0 aromatic heterocycles. The third kappa shape index (κ3) is 3.19. The Bertz CT molecular complexity index is 641. The lowest BCUT2D eigenvalue weighted by Crippen LogP contribution is -2.13. The third-order valence-electron chi connectivity index (χ3n) is 2.63. The summed E-state index contributed by atoms with van der Waals surface area (Å²) in [6.45, 7) is 1.92. The van der Waals surface area contributed by atoms with E-state index in [0.29, 0.717) is 27.0 Å². The van der Waals surface area contributed by atoms with E-state index >= 15 is 0 Å². The molecule has 0 aliphatic rings. The zero-order valence-electron chi connectivity index (χ0n) is 10.2. The van der Waals surface area contributed by atoms with Crippen molar-refractivity contribution in [2.45, 2.75) is 6.92 Å². The van der Waals surface area contributed by atoms with Crippen LogP contribution in [0.2, 0.25) is 10.0 Å². The molecule has 2 aromatic rings. The van der Waals surface area contributed by atoms with E-state index in [-0.39, 0.29) is 5.91 Å². The summed E-state index contributed by atoms with van der Waals surface area (Å²) in [5, 5.41) is 3.52. The first-order valence-electron chi connectivity index (χ1n) is 5.60. The maximum Gasteiger partial charge on any atom is 0.257 e. The molecule has 0 saturated carbocycles. The Morgan fingerprint density at radius 2 is 1.89 bits per heavy atom. The maximum atomic E-state index is 12.1. The largest absolute Gasteiger partial charge is 0.397 e. The van der Waals surface area contributed by atoms with Crippen LogP contribution in [0.15, 0.2) is 36.4 Å². The predicted molar refractivity (Wildman–Crippen MR) is 80.0 cm³/mol. The Labute approximate surface area is 121 Å². The van der Waals surface area contributed by atoms with Gasteiger partial charge in [0.25, 0.3) is 5.91 Å². The van der Waals surface area contributed by atoms with Crippen molar-refractivity contribution in [1.82, 2.24) is 0 Å². The number of nitrogens with two attached hydrogens (primary N) is 1. The number of amides is 1. The van der Waals surface area contributed by atoms with Crippen molar-refractivity contribution in [2.75, 3.05) is 11.1 Å². The zero-order chi connectivity index (χ0) is 14.0. The van der Waals surface area contributed by atoms with Crippen molar-refractivity contribution in [2.24, 2.45) is 0 Å². The predicted octanol–water partition coefficient (Wildman–Crippen LogP) is 4.14. The van der Waals surface area contributed by atoms with Gasteiger partial charge in [-0.15, -0.1) is 0 Å². The fraction of sp³-hybridized carbons (Fsp3) is 0.0714. The minimum Gasteiger partial charge on any atom is -0.397 e. The SMILES string of the molecule is Cc1ccc(N)c(NC(=O)c2ccc(Cl)cc2Cl)c1. The number of nitrogens with one attached hydrogen (secondary N) is 1. The molecule has 0 aliphatic heterocycles. The van der Waals surface area contributed by atoms with E-state index in [1.807, 2.05) is 13.0 Å². The Balaban J connectivity index is 2.28. The average Bonchev–Trinajstić information content (AvgIpc) is 2.33. The number of rotatable bonds is 2. The lowest BCUT2D eigenvalue weighted by Gasteiger charge is -2.10. The molecule has 5 heteroatoms. The number of halogens is 2. The van der Waals surface area contributed by atoms with Gasteiger partial charge in [-0.25, -0.2) is 0 Å². The molecule has 0 spiro atoms. The Hall–Kier alpha value is -1.71. The number of carbonyl (C=O) groups excluding carboxylic acids is 1. The molecule has 98 valence electrons. The molecular weight excluding hydrogens is 283 g/mol. The third-order valence-corrected chi connectivity index (χ3v) is 3.18. The summed E-state index contributed by atoms with van der Waals surface area (Å²) in [5.41, 5.74) is 8.24. The number of hydrogen-bond acceptors (Lipinski definition) is 2. The van der Waals surface area contributed by atoms with Gasteiger partial charge in [0.2, 0.25) is 0 Å². The highest BCUT2D eigenvalue weighted by molar-refractivity contribution is 6.37. The highest BCUT2D eigenvalue weighted by Gasteiger charge is 2.12. The van der Waals surface area contributed by atoms with E-state index in [2.05, 4.69) is 5.32 Å². The summed E-state index contributed by atoms with van der Waals surface area (Å²) in [6, 6.07) is 10.1. The van der Waals surface area contributed by atoms with Gasteiger partial charge in [-0.2, -0.15) is 0 Å². The highest BCUT2D eigenvalue weighted by Crippen LogP contribution is 2.24. The molecule has 0 aliphatic carbocycles. The van der Waals surface area contributed by atoms with Crippen LogP contribution in [0.5, 0.6) is 0 Å². The summed E-state index contributed by atoms with van der Waals surface area (Å²) in [5.74, 6) is -0.320. The van der Waals surface area contributed by atoms with Crippen molar-refractivity contribution >= 4 is 40.5 Å². The van der Waals surface area contributed by atoms with Crippen LogP contribution in [0.3, 0.4) is 0 Å². The maximum absolute atomic E-state index is 12.1. The molecule has 0 heterocycles. The molecule has 2 aromatic carbocycles. The fourth-order valence-corrected chi connectivity index (χ4v) is 2.14. The van der Waals surface area contributed by atoms with Crippen LogP contribution in [0, 0.1) is 6.92 Å². The lowest BCUT2D eigenvalue weighted by atomic mass is 10.1. The highest BCUT2D eigenvalue weighted by atomic mass is 35.5. The second kappa shape index (κ2) is 5.51. The van der Waals surface area contributed by atoms with Crippen molar-refractivity contribution in [3.05, 3.63) is 57.6 Å². The quantitative estimate of drug-likeness (QED) is 0.818. The normalized spacial score (nSPS) is 10.3. The van der Waals surface area contributed by atoms with Crippen molar-refractivity contribution < 1.29 is 4.79 Å².